The van der Waals surface area contributed by atoms with Crippen LogP contribution in [0.15, 0.2) is 54.6 Å². The fourth-order valence-corrected chi connectivity index (χ4v) is 1.67. The van der Waals surface area contributed by atoms with Crippen molar-refractivity contribution in [1.29, 1.82) is 0 Å². The molecule has 0 aromatic heterocycles. The van der Waals surface area contributed by atoms with Crippen LogP contribution in [-0.2, 0) is 6.42 Å². The van der Waals surface area contributed by atoms with Gasteiger partial charge < -0.3 is 10.8 Å². The van der Waals surface area contributed by atoms with Crippen LogP contribution in [0.2, 0.25) is 0 Å². The number of benzene rings is 2. The van der Waals surface area contributed by atoms with Crippen molar-refractivity contribution in [3.05, 3.63) is 65.7 Å². The number of hydrogen-bond donors (Lipinski definition) is 2. The van der Waals surface area contributed by atoms with Gasteiger partial charge in [0.25, 0.3) is 0 Å². The highest BCUT2D eigenvalue weighted by Crippen LogP contribution is 2.18. The molecule has 0 aliphatic heterocycles. The molecule has 16 heavy (non-hydrogen) atoms. The van der Waals surface area contributed by atoms with E-state index < -0.39 is 6.10 Å². The van der Waals surface area contributed by atoms with E-state index in [0.717, 1.165) is 16.8 Å². The maximum Gasteiger partial charge on any atom is 0.0830 e. The molecule has 0 heterocycles. The van der Waals surface area contributed by atoms with Gasteiger partial charge in [0.2, 0.25) is 0 Å². The molecule has 2 aromatic carbocycles. The topological polar surface area (TPSA) is 46.2 Å². The van der Waals surface area contributed by atoms with E-state index in [-0.39, 0.29) is 0 Å². The minimum atomic E-state index is -0.454. The highest BCUT2D eigenvalue weighted by atomic mass is 16.3. The third-order valence-electron chi connectivity index (χ3n) is 2.59. The first kappa shape index (κ1) is 10.7. The Hall–Kier alpha value is -1.80. The average Bonchev–Trinajstić information content (AvgIpc) is 2.33. The minimum Gasteiger partial charge on any atom is -0.399 e. The molecular formula is C14H15NO. The Labute approximate surface area is 95.4 Å². The lowest BCUT2D eigenvalue weighted by Crippen LogP contribution is -2.01. The van der Waals surface area contributed by atoms with Crippen molar-refractivity contribution in [2.75, 3.05) is 5.73 Å². The molecule has 1 atom stereocenters. The standard InChI is InChI=1S/C14H15NO/c15-13-8-6-11(7-9-13)10-14(16)12-4-2-1-3-5-12/h1-9,14,16H,10,15H2. The van der Waals surface area contributed by atoms with E-state index in [4.69, 9.17) is 5.73 Å². The molecule has 0 radical (unpaired) electrons. The van der Waals surface area contributed by atoms with Crippen LogP contribution in [-0.4, -0.2) is 5.11 Å². The molecule has 0 spiro atoms. The molecule has 0 bridgehead atoms. The van der Waals surface area contributed by atoms with E-state index in [1.165, 1.54) is 0 Å². The van der Waals surface area contributed by atoms with Gasteiger partial charge in [-0.3, -0.25) is 0 Å². The monoisotopic (exact) mass is 213 g/mol. The van der Waals surface area contributed by atoms with Gasteiger partial charge in [0, 0.05) is 12.1 Å². The fourth-order valence-electron chi connectivity index (χ4n) is 1.67. The van der Waals surface area contributed by atoms with Gasteiger partial charge in [-0.05, 0) is 23.3 Å². The van der Waals surface area contributed by atoms with Gasteiger partial charge >= 0.3 is 0 Å². The summed E-state index contributed by atoms with van der Waals surface area (Å²) in [6.07, 6.45) is 0.162. The molecule has 0 fully saturated rings. The lowest BCUT2D eigenvalue weighted by atomic mass is 10.0. The van der Waals surface area contributed by atoms with Crippen LogP contribution in [0.25, 0.3) is 0 Å². The van der Waals surface area contributed by atoms with Crippen molar-refractivity contribution in [3.63, 3.8) is 0 Å². The minimum absolute atomic E-state index is 0.454. The van der Waals surface area contributed by atoms with Crippen LogP contribution in [0.4, 0.5) is 5.69 Å². The number of nitrogen functional groups attached to an aromatic ring is 1. The van der Waals surface area contributed by atoms with Crippen molar-refractivity contribution >= 4 is 5.69 Å². The van der Waals surface area contributed by atoms with E-state index in [1.807, 2.05) is 54.6 Å². The SMILES string of the molecule is Nc1ccc(CC(O)c2ccccc2)cc1. The summed E-state index contributed by atoms with van der Waals surface area (Å²) in [6, 6.07) is 17.3. The lowest BCUT2D eigenvalue weighted by Gasteiger charge is -2.10. The molecule has 82 valence electrons. The molecule has 2 heteroatoms. The van der Waals surface area contributed by atoms with Crippen LogP contribution < -0.4 is 5.73 Å². The van der Waals surface area contributed by atoms with Crippen LogP contribution >= 0.6 is 0 Å². The summed E-state index contributed by atoms with van der Waals surface area (Å²) in [5.41, 5.74) is 8.39. The zero-order valence-electron chi connectivity index (χ0n) is 9.01. The second kappa shape index (κ2) is 4.81. The van der Waals surface area contributed by atoms with E-state index in [1.54, 1.807) is 0 Å². The summed E-state index contributed by atoms with van der Waals surface area (Å²) < 4.78 is 0. The smallest absolute Gasteiger partial charge is 0.0830 e. The number of rotatable bonds is 3. The van der Waals surface area contributed by atoms with E-state index in [2.05, 4.69) is 0 Å². The average molecular weight is 213 g/mol. The Morgan fingerprint density at radius 3 is 2.19 bits per heavy atom. The van der Waals surface area contributed by atoms with Crippen LogP contribution in [0.3, 0.4) is 0 Å². The van der Waals surface area contributed by atoms with E-state index >= 15 is 0 Å². The van der Waals surface area contributed by atoms with Crippen molar-refractivity contribution in [1.82, 2.24) is 0 Å². The van der Waals surface area contributed by atoms with Gasteiger partial charge in [-0.2, -0.15) is 0 Å². The maximum atomic E-state index is 10.0. The van der Waals surface area contributed by atoms with Crippen LogP contribution in [0.5, 0.6) is 0 Å². The summed E-state index contributed by atoms with van der Waals surface area (Å²) in [6.45, 7) is 0. The first-order valence-electron chi connectivity index (χ1n) is 5.33. The van der Waals surface area contributed by atoms with Crippen molar-refractivity contribution in [2.45, 2.75) is 12.5 Å². The number of nitrogens with two attached hydrogens (primary N) is 1. The third kappa shape index (κ3) is 2.61. The number of aliphatic hydroxyl groups is 1. The Balaban J connectivity index is 2.08. The fraction of sp³-hybridized carbons (Fsp3) is 0.143. The van der Waals surface area contributed by atoms with Gasteiger partial charge in [0.1, 0.15) is 0 Å². The summed E-state index contributed by atoms with van der Waals surface area (Å²) in [5.74, 6) is 0. The second-order valence-corrected chi connectivity index (χ2v) is 3.87. The third-order valence-corrected chi connectivity index (χ3v) is 2.59. The van der Waals surface area contributed by atoms with Gasteiger partial charge in [-0.15, -0.1) is 0 Å². The molecule has 0 aliphatic rings. The highest BCUT2D eigenvalue weighted by molar-refractivity contribution is 5.39. The Kier molecular flexibility index (Phi) is 3.22. The Morgan fingerprint density at radius 1 is 0.938 bits per heavy atom. The van der Waals surface area contributed by atoms with E-state index in [0.29, 0.717) is 6.42 Å². The zero-order chi connectivity index (χ0) is 11.4. The van der Waals surface area contributed by atoms with Crippen molar-refractivity contribution in [2.24, 2.45) is 0 Å². The van der Waals surface area contributed by atoms with Crippen molar-refractivity contribution < 1.29 is 5.11 Å². The predicted octanol–water partition coefficient (Wildman–Crippen LogP) is 2.54. The van der Waals surface area contributed by atoms with E-state index in [9.17, 15) is 5.11 Å². The quantitative estimate of drug-likeness (QED) is 0.770. The van der Waals surface area contributed by atoms with Gasteiger partial charge in [-0.25, -0.2) is 0 Å². The number of aliphatic hydroxyl groups excluding tert-OH is 1. The maximum absolute atomic E-state index is 10.0. The first-order chi connectivity index (χ1) is 7.75. The lowest BCUT2D eigenvalue weighted by molar-refractivity contribution is 0.178. The zero-order valence-corrected chi connectivity index (χ0v) is 9.01. The number of anilines is 1. The Bertz CT molecular complexity index is 436. The molecule has 2 rings (SSSR count). The Morgan fingerprint density at radius 2 is 1.56 bits per heavy atom. The molecule has 0 saturated heterocycles. The first-order valence-corrected chi connectivity index (χ1v) is 5.33. The summed E-state index contributed by atoms with van der Waals surface area (Å²) >= 11 is 0. The predicted molar refractivity (Wildman–Crippen MR) is 66.0 cm³/mol. The summed E-state index contributed by atoms with van der Waals surface area (Å²) in [4.78, 5) is 0. The molecule has 2 nitrogen and oxygen atoms in total. The van der Waals surface area contributed by atoms with Gasteiger partial charge in [0.15, 0.2) is 0 Å². The molecule has 0 aliphatic carbocycles. The molecule has 1 unspecified atom stereocenters. The second-order valence-electron chi connectivity index (χ2n) is 3.87. The largest absolute Gasteiger partial charge is 0.399 e. The highest BCUT2D eigenvalue weighted by Gasteiger charge is 2.07. The van der Waals surface area contributed by atoms with Crippen molar-refractivity contribution in [3.8, 4) is 0 Å². The molecular weight excluding hydrogens is 198 g/mol. The summed E-state index contributed by atoms with van der Waals surface area (Å²) in [7, 11) is 0. The molecule has 0 saturated carbocycles. The molecule has 2 aromatic rings. The van der Waals surface area contributed by atoms with Gasteiger partial charge in [-0.1, -0.05) is 42.5 Å². The van der Waals surface area contributed by atoms with Gasteiger partial charge in [0.05, 0.1) is 6.10 Å². The van der Waals surface area contributed by atoms with Crippen LogP contribution in [0.1, 0.15) is 17.2 Å². The van der Waals surface area contributed by atoms with Crippen LogP contribution in [0, 0.1) is 0 Å². The normalized spacial score (nSPS) is 12.3. The molecule has 0 amide bonds. The number of hydrogen-bond acceptors (Lipinski definition) is 2. The molecule has 3 N–H and O–H groups in total. The summed E-state index contributed by atoms with van der Waals surface area (Å²) in [5, 5.41) is 10.0.